The molecule has 2 N–H and O–H groups in total. The van der Waals surface area contributed by atoms with Gasteiger partial charge in [0.2, 0.25) is 0 Å². The van der Waals surface area contributed by atoms with Gasteiger partial charge in [0.05, 0.1) is 0 Å². The largest absolute Gasteiger partial charge is 0.481 e. The standard InChI is InChI=1S/C14H29N3O3/c1-16(2)11-8-12-17(3)14(20)15-10-7-5-4-6-9-13(18)19/h4-12H2,1-3H3,(H,15,20)(H,18,19). The molecular formula is C14H29N3O3. The smallest absolute Gasteiger partial charge is 0.317 e. The molecular weight excluding hydrogens is 258 g/mol. The van der Waals surface area contributed by atoms with Crippen LogP contribution in [0.3, 0.4) is 0 Å². The number of urea groups is 1. The molecule has 0 aliphatic rings. The van der Waals surface area contributed by atoms with E-state index in [2.05, 4.69) is 10.2 Å². The van der Waals surface area contributed by atoms with Crippen LogP contribution in [0.25, 0.3) is 0 Å². The molecule has 20 heavy (non-hydrogen) atoms. The van der Waals surface area contributed by atoms with E-state index in [1.165, 1.54) is 0 Å². The Bertz CT molecular complexity index is 283. The number of hydrogen-bond donors (Lipinski definition) is 2. The number of carboxylic acids is 1. The molecule has 0 aromatic carbocycles. The maximum atomic E-state index is 11.7. The monoisotopic (exact) mass is 287 g/mol. The van der Waals surface area contributed by atoms with Crippen molar-refractivity contribution in [1.82, 2.24) is 15.1 Å². The number of nitrogens with one attached hydrogen (secondary N) is 1. The number of aliphatic carboxylic acids is 1. The summed E-state index contributed by atoms with van der Waals surface area (Å²) in [5, 5.41) is 11.4. The molecule has 0 heterocycles. The van der Waals surface area contributed by atoms with E-state index in [1.54, 1.807) is 11.9 Å². The van der Waals surface area contributed by atoms with E-state index in [9.17, 15) is 9.59 Å². The molecule has 0 radical (unpaired) electrons. The Balaban J connectivity index is 3.45. The Morgan fingerprint density at radius 3 is 2.20 bits per heavy atom. The minimum Gasteiger partial charge on any atom is -0.481 e. The summed E-state index contributed by atoms with van der Waals surface area (Å²) in [5.74, 6) is -0.738. The quantitative estimate of drug-likeness (QED) is 0.566. The highest BCUT2D eigenvalue weighted by atomic mass is 16.4. The van der Waals surface area contributed by atoms with Crippen molar-refractivity contribution in [1.29, 1.82) is 0 Å². The molecule has 0 aromatic rings. The summed E-state index contributed by atoms with van der Waals surface area (Å²) >= 11 is 0. The van der Waals surface area contributed by atoms with Crippen LogP contribution >= 0.6 is 0 Å². The van der Waals surface area contributed by atoms with Gasteiger partial charge in [0.15, 0.2) is 0 Å². The first-order valence-corrected chi connectivity index (χ1v) is 7.29. The molecule has 6 nitrogen and oxygen atoms in total. The summed E-state index contributed by atoms with van der Waals surface area (Å²) in [5.41, 5.74) is 0. The normalized spacial score (nSPS) is 10.6. The van der Waals surface area contributed by atoms with Crippen LogP contribution in [0.5, 0.6) is 0 Å². The molecule has 0 unspecified atom stereocenters. The fourth-order valence-corrected chi connectivity index (χ4v) is 1.81. The Labute approximate surface area is 122 Å². The highest BCUT2D eigenvalue weighted by Crippen LogP contribution is 2.02. The van der Waals surface area contributed by atoms with Crippen LogP contribution in [0.15, 0.2) is 0 Å². The van der Waals surface area contributed by atoms with Gasteiger partial charge in [-0.15, -0.1) is 0 Å². The Morgan fingerprint density at radius 1 is 0.950 bits per heavy atom. The fraction of sp³-hybridized carbons (Fsp3) is 0.857. The third-order valence-electron chi connectivity index (χ3n) is 3.04. The minimum atomic E-state index is -0.738. The second kappa shape index (κ2) is 11.5. The fourth-order valence-electron chi connectivity index (χ4n) is 1.81. The van der Waals surface area contributed by atoms with Crippen molar-refractivity contribution in [3.8, 4) is 0 Å². The first-order valence-electron chi connectivity index (χ1n) is 7.29. The lowest BCUT2D eigenvalue weighted by molar-refractivity contribution is -0.137. The van der Waals surface area contributed by atoms with Crippen LogP contribution in [0, 0.1) is 0 Å². The number of hydrogen-bond acceptors (Lipinski definition) is 3. The average molecular weight is 287 g/mol. The zero-order valence-electron chi connectivity index (χ0n) is 13.0. The van der Waals surface area contributed by atoms with Crippen LogP contribution in [-0.4, -0.2) is 67.7 Å². The SMILES string of the molecule is CN(C)CCCN(C)C(=O)NCCCCCCC(=O)O. The van der Waals surface area contributed by atoms with Gasteiger partial charge in [-0.2, -0.15) is 0 Å². The van der Waals surface area contributed by atoms with Crippen LogP contribution < -0.4 is 5.32 Å². The number of nitrogens with zero attached hydrogens (tertiary/aromatic N) is 2. The molecule has 0 spiro atoms. The number of carbonyl (C=O) groups is 2. The zero-order chi connectivity index (χ0) is 15.4. The molecule has 2 amide bonds. The molecule has 0 aliphatic carbocycles. The van der Waals surface area contributed by atoms with E-state index in [1.807, 2.05) is 14.1 Å². The van der Waals surface area contributed by atoms with Gasteiger partial charge in [0.1, 0.15) is 0 Å². The Morgan fingerprint density at radius 2 is 1.60 bits per heavy atom. The molecule has 0 aromatic heterocycles. The van der Waals surface area contributed by atoms with Crippen molar-refractivity contribution in [3.63, 3.8) is 0 Å². The second-order valence-electron chi connectivity index (χ2n) is 5.37. The second-order valence-corrected chi connectivity index (χ2v) is 5.37. The average Bonchev–Trinajstić information content (AvgIpc) is 2.36. The van der Waals surface area contributed by atoms with Gasteiger partial charge in [0.25, 0.3) is 0 Å². The van der Waals surface area contributed by atoms with E-state index in [-0.39, 0.29) is 12.5 Å². The zero-order valence-corrected chi connectivity index (χ0v) is 13.0. The summed E-state index contributed by atoms with van der Waals surface area (Å²) in [6, 6.07) is -0.0331. The van der Waals surface area contributed by atoms with Gasteiger partial charge < -0.3 is 20.2 Å². The van der Waals surface area contributed by atoms with E-state index in [0.717, 1.165) is 38.8 Å². The Hall–Kier alpha value is -1.30. The number of amides is 2. The van der Waals surface area contributed by atoms with E-state index in [4.69, 9.17) is 5.11 Å². The molecule has 6 heteroatoms. The third kappa shape index (κ3) is 11.8. The van der Waals surface area contributed by atoms with Crippen molar-refractivity contribution in [2.24, 2.45) is 0 Å². The van der Waals surface area contributed by atoms with Crippen molar-refractivity contribution >= 4 is 12.0 Å². The topological polar surface area (TPSA) is 72.9 Å². The molecule has 0 atom stereocenters. The molecule has 0 rings (SSSR count). The van der Waals surface area contributed by atoms with Crippen molar-refractivity contribution in [2.45, 2.75) is 38.5 Å². The molecule has 0 saturated carbocycles. The minimum absolute atomic E-state index is 0.0331. The van der Waals surface area contributed by atoms with Gasteiger partial charge >= 0.3 is 12.0 Å². The van der Waals surface area contributed by atoms with E-state index >= 15 is 0 Å². The first kappa shape index (κ1) is 18.7. The molecule has 118 valence electrons. The van der Waals surface area contributed by atoms with Gasteiger partial charge in [0, 0.05) is 26.6 Å². The van der Waals surface area contributed by atoms with Crippen LogP contribution in [-0.2, 0) is 4.79 Å². The van der Waals surface area contributed by atoms with Crippen molar-refractivity contribution in [2.75, 3.05) is 40.8 Å². The van der Waals surface area contributed by atoms with E-state index < -0.39 is 5.97 Å². The van der Waals surface area contributed by atoms with Crippen LogP contribution in [0.2, 0.25) is 0 Å². The van der Waals surface area contributed by atoms with E-state index in [0.29, 0.717) is 13.0 Å². The predicted octanol–water partition coefficient (Wildman–Crippen LogP) is 1.61. The summed E-state index contributed by atoms with van der Waals surface area (Å²) in [6.07, 6.45) is 4.68. The van der Waals surface area contributed by atoms with Crippen LogP contribution in [0.4, 0.5) is 4.79 Å². The lowest BCUT2D eigenvalue weighted by atomic mass is 10.1. The third-order valence-corrected chi connectivity index (χ3v) is 3.04. The number of carbonyl (C=O) groups excluding carboxylic acids is 1. The predicted molar refractivity (Wildman–Crippen MR) is 79.9 cm³/mol. The maximum Gasteiger partial charge on any atom is 0.317 e. The van der Waals surface area contributed by atoms with Crippen molar-refractivity contribution in [3.05, 3.63) is 0 Å². The summed E-state index contributed by atoms with van der Waals surface area (Å²) < 4.78 is 0. The Kier molecular flexibility index (Phi) is 10.8. The summed E-state index contributed by atoms with van der Waals surface area (Å²) in [4.78, 5) is 25.8. The lowest BCUT2D eigenvalue weighted by Crippen LogP contribution is -2.38. The molecule has 0 saturated heterocycles. The number of unbranched alkanes of at least 4 members (excludes halogenated alkanes) is 3. The lowest BCUT2D eigenvalue weighted by Gasteiger charge is -2.19. The van der Waals surface area contributed by atoms with Gasteiger partial charge in [-0.1, -0.05) is 12.8 Å². The van der Waals surface area contributed by atoms with Gasteiger partial charge in [-0.25, -0.2) is 4.79 Å². The highest BCUT2D eigenvalue weighted by Gasteiger charge is 2.06. The van der Waals surface area contributed by atoms with Gasteiger partial charge in [-0.05, 0) is 39.9 Å². The molecule has 0 bridgehead atoms. The first-order chi connectivity index (χ1) is 9.43. The summed E-state index contributed by atoms with van der Waals surface area (Å²) in [7, 11) is 5.84. The highest BCUT2D eigenvalue weighted by molar-refractivity contribution is 5.73. The van der Waals surface area contributed by atoms with Crippen LogP contribution in [0.1, 0.15) is 38.5 Å². The van der Waals surface area contributed by atoms with Crippen molar-refractivity contribution < 1.29 is 14.7 Å². The maximum absolute atomic E-state index is 11.7. The summed E-state index contributed by atoms with van der Waals surface area (Å²) in [6.45, 7) is 2.38. The molecule has 0 aliphatic heterocycles. The number of carboxylic acid groups (broad SMARTS) is 1. The molecule has 0 fully saturated rings. The van der Waals surface area contributed by atoms with Gasteiger partial charge in [-0.3, -0.25) is 4.79 Å². The number of rotatable bonds is 11.